The van der Waals surface area contributed by atoms with Crippen LogP contribution in [0.2, 0.25) is 0 Å². The average molecular weight is 188 g/mol. The van der Waals surface area contributed by atoms with Gasteiger partial charge in [-0.05, 0) is 31.1 Å². The van der Waals surface area contributed by atoms with Gasteiger partial charge < -0.3 is 5.32 Å². The Bertz CT molecular complexity index is 205. The fraction of sp³-hybridized carbons (Fsp3) is 0.889. The Morgan fingerprint density at radius 1 is 1.42 bits per heavy atom. The first kappa shape index (κ1) is 8.36. The molecule has 0 aromatic rings. The number of carbonyl (C=O) groups is 1. The Labute approximate surface area is 77.7 Å². The predicted octanol–water partition coefficient (Wildman–Crippen LogP) is 1.53. The van der Waals surface area contributed by atoms with Gasteiger partial charge in [-0.3, -0.25) is 4.79 Å². The summed E-state index contributed by atoms with van der Waals surface area (Å²) in [4.78, 5) is 10.9. The van der Waals surface area contributed by atoms with Gasteiger partial charge in [0, 0.05) is 13.0 Å². The van der Waals surface area contributed by atoms with Crippen LogP contribution in [0.3, 0.4) is 0 Å². The fourth-order valence-electron chi connectivity index (χ4n) is 2.65. The van der Waals surface area contributed by atoms with Crippen LogP contribution in [0.4, 0.5) is 0 Å². The van der Waals surface area contributed by atoms with Gasteiger partial charge in [-0.2, -0.15) is 0 Å². The van der Waals surface area contributed by atoms with E-state index in [-0.39, 0.29) is 17.3 Å². The summed E-state index contributed by atoms with van der Waals surface area (Å²) in [5, 5.41) is 3.14. The minimum absolute atomic E-state index is 0.0539. The molecule has 2 bridgehead atoms. The number of halogens is 1. The monoisotopic (exact) mass is 187 g/mol. The number of hydrogen-bond donors (Lipinski definition) is 1. The largest absolute Gasteiger partial charge is 0.352 e. The maximum Gasteiger partial charge on any atom is 0.217 e. The molecule has 3 heteroatoms. The molecule has 1 N–H and O–H groups in total. The zero-order valence-electron chi connectivity index (χ0n) is 7.22. The number of alkyl halides is 1. The van der Waals surface area contributed by atoms with Crippen LogP contribution in [0, 0.1) is 11.8 Å². The summed E-state index contributed by atoms with van der Waals surface area (Å²) in [5.74, 6) is 1.37. The lowest BCUT2D eigenvalue weighted by Gasteiger charge is -2.26. The molecule has 0 unspecified atom stereocenters. The molecule has 0 radical (unpaired) electrons. The van der Waals surface area contributed by atoms with E-state index in [4.69, 9.17) is 11.6 Å². The summed E-state index contributed by atoms with van der Waals surface area (Å²) in [6.07, 6.45) is 3.73. The molecule has 0 spiro atoms. The second-order valence-corrected chi connectivity index (χ2v) is 4.51. The highest BCUT2D eigenvalue weighted by Crippen LogP contribution is 2.47. The molecule has 0 heterocycles. The Kier molecular flexibility index (Phi) is 2.03. The number of carbonyl (C=O) groups excluding carboxylic acids is 1. The van der Waals surface area contributed by atoms with Gasteiger partial charge >= 0.3 is 0 Å². The molecule has 2 aliphatic carbocycles. The summed E-state index contributed by atoms with van der Waals surface area (Å²) in [7, 11) is 0. The number of hydrogen-bond acceptors (Lipinski definition) is 1. The molecule has 0 saturated heterocycles. The molecule has 68 valence electrons. The van der Waals surface area contributed by atoms with Crippen molar-refractivity contribution < 1.29 is 4.79 Å². The van der Waals surface area contributed by atoms with Crippen molar-refractivity contribution in [1.29, 1.82) is 0 Å². The first-order chi connectivity index (χ1) is 5.68. The van der Waals surface area contributed by atoms with E-state index >= 15 is 0 Å². The van der Waals surface area contributed by atoms with Gasteiger partial charge in [0.1, 0.15) is 0 Å². The van der Waals surface area contributed by atoms with Crippen LogP contribution in [-0.4, -0.2) is 17.3 Å². The van der Waals surface area contributed by atoms with Gasteiger partial charge in [0.2, 0.25) is 5.91 Å². The Morgan fingerprint density at radius 2 is 2.08 bits per heavy atom. The van der Waals surface area contributed by atoms with Crippen molar-refractivity contribution in [3.05, 3.63) is 0 Å². The van der Waals surface area contributed by atoms with Gasteiger partial charge in [-0.15, -0.1) is 11.6 Å². The molecule has 0 aromatic carbocycles. The van der Waals surface area contributed by atoms with Gasteiger partial charge in [-0.1, -0.05) is 0 Å². The van der Waals surface area contributed by atoms with Crippen LogP contribution in [0.25, 0.3) is 0 Å². The van der Waals surface area contributed by atoms with E-state index in [1.165, 1.54) is 19.3 Å². The normalized spacial score (nSPS) is 44.8. The van der Waals surface area contributed by atoms with Gasteiger partial charge in [0.05, 0.1) is 5.38 Å². The smallest absolute Gasteiger partial charge is 0.217 e. The van der Waals surface area contributed by atoms with E-state index in [2.05, 4.69) is 5.32 Å². The van der Waals surface area contributed by atoms with Gasteiger partial charge in [0.15, 0.2) is 0 Å². The molecule has 2 saturated carbocycles. The van der Waals surface area contributed by atoms with Crippen LogP contribution in [0.5, 0.6) is 0 Å². The topological polar surface area (TPSA) is 29.1 Å². The molecular formula is C9H14ClNO. The third kappa shape index (κ3) is 1.22. The molecular weight excluding hydrogens is 174 g/mol. The minimum Gasteiger partial charge on any atom is -0.352 e. The zero-order chi connectivity index (χ0) is 8.72. The molecule has 4 atom stereocenters. The van der Waals surface area contributed by atoms with E-state index in [1.54, 1.807) is 6.92 Å². The van der Waals surface area contributed by atoms with Gasteiger partial charge in [-0.25, -0.2) is 0 Å². The standard InChI is InChI=1S/C9H14ClNO/c1-5(12)11-9-7-3-2-6(4-7)8(9)10/h6-9H,2-4H2,1H3,(H,11,12)/t6-,7+,8-,9-/m0/s1. The highest BCUT2D eigenvalue weighted by Gasteiger charge is 2.46. The zero-order valence-corrected chi connectivity index (χ0v) is 7.97. The average Bonchev–Trinajstić information content (AvgIpc) is 2.53. The molecule has 2 nitrogen and oxygen atoms in total. The van der Waals surface area contributed by atoms with Crippen LogP contribution < -0.4 is 5.32 Å². The van der Waals surface area contributed by atoms with E-state index in [0.717, 1.165) is 0 Å². The van der Waals surface area contributed by atoms with Crippen molar-refractivity contribution in [2.75, 3.05) is 0 Å². The predicted molar refractivity (Wildman–Crippen MR) is 48.1 cm³/mol. The van der Waals surface area contributed by atoms with E-state index in [1.807, 2.05) is 0 Å². The third-order valence-corrected chi connectivity index (χ3v) is 3.81. The second kappa shape index (κ2) is 2.91. The number of nitrogens with one attached hydrogen (secondary N) is 1. The highest BCUT2D eigenvalue weighted by atomic mass is 35.5. The maximum absolute atomic E-state index is 10.9. The summed E-state index contributed by atoms with van der Waals surface area (Å²) >= 11 is 6.20. The fourth-order valence-corrected chi connectivity index (χ4v) is 3.15. The lowest BCUT2D eigenvalue weighted by molar-refractivity contribution is -0.119. The first-order valence-corrected chi connectivity index (χ1v) is 5.03. The summed E-state index contributed by atoms with van der Waals surface area (Å²) in [5.41, 5.74) is 0. The number of fused-ring (bicyclic) bond motifs is 2. The third-order valence-electron chi connectivity index (χ3n) is 3.18. The SMILES string of the molecule is CC(=O)N[C@H]1[C@@H]2CC[C@@H](C2)[C@@H]1Cl. The molecule has 0 aromatic heterocycles. The van der Waals surface area contributed by atoms with Crippen LogP contribution >= 0.6 is 11.6 Å². The minimum atomic E-state index is 0.0539. The van der Waals surface area contributed by atoms with Crippen molar-refractivity contribution in [3.63, 3.8) is 0 Å². The Morgan fingerprint density at radius 3 is 2.58 bits per heavy atom. The summed E-state index contributed by atoms with van der Waals surface area (Å²) in [6, 6.07) is 0.253. The molecule has 2 aliphatic rings. The second-order valence-electron chi connectivity index (χ2n) is 4.00. The van der Waals surface area contributed by atoms with E-state index < -0.39 is 0 Å². The van der Waals surface area contributed by atoms with Gasteiger partial charge in [0.25, 0.3) is 0 Å². The lowest BCUT2D eigenvalue weighted by atomic mass is 9.95. The number of rotatable bonds is 1. The summed E-state index contributed by atoms with van der Waals surface area (Å²) in [6.45, 7) is 1.57. The quantitative estimate of drug-likeness (QED) is 0.620. The Hall–Kier alpha value is -0.240. The van der Waals surface area contributed by atoms with E-state index in [0.29, 0.717) is 11.8 Å². The van der Waals surface area contributed by atoms with Crippen LogP contribution in [0.1, 0.15) is 26.2 Å². The van der Waals surface area contributed by atoms with Crippen molar-refractivity contribution in [3.8, 4) is 0 Å². The maximum atomic E-state index is 10.9. The highest BCUT2D eigenvalue weighted by molar-refractivity contribution is 6.21. The molecule has 2 fully saturated rings. The molecule has 2 rings (SSSR count). The summed E-state index contributed by atoms with van der Waals surface area (Å²) < 4.78 is 0. The van der Waals surface area contributed by atoms with Crippen LogP contribution in [0.15, 0.2) is 0 Å². The van der Waals surface area contributed by atoms with Crippen LogP contribution in [-0.2, 0) is 4.79 Å². The van der Waals surface area contributed by atoms with Crippen molar-refractivity contribution in [2.45, 2.75) is 37.6 Å². The van der Waals surface area contributed by atoms with Crippen molar-refractivity contribution in [1.82, 2.24) is 5.32 Å². The number of amides is 1. The first-order valence-electron chi connectivity index (χ1n) is 4.59. The molecule has 0 aliphatic heterocycles. The lowest BCUT2D eigenvalue weighted by Crippen LogP contribution is -2.43. The molecule has 12 heavy (non-hydrogen) atoms. The molecule has 1 amide bonds. The van der Waals surface area contributed by atoms with Crippen molar-refractivity contribution in [2.24, 2.45) is 11.8 Å². The Balaban J connectivity index is 2.02. The van der Waals surface area contributed by atoms with Crippen molar-refractivity contribution >= 4 is 17.5 Å². The van der Waals surface area contributed by atoms with E-state index in [9.17, 15) is 4.79 Å².